The van der Waals surface area contributed by atoms with Gasteiger partial charge in [-0.15, -0.1) is 0 Å². The molecule has 2 unspecified atom stereocenters. The molecular weight excluding hydrogens is 739 g/mol. The van der Waals surface area contributed by atoms with Crippen molar-refractivity contribution in [1.29, 1.82) is 0 Å². The maximum atomic E-state index is 14.1. The van der Waals surface area contributed by atoms with Crippen LogP contribution in [0.2, 0.25) is 0 Å². The summed E-state index contributed by atoms with van der Waals surface area (Å²) in [5, 5.41) is 25.3. The lowest BCUT2D eigenvalue weighted by Crippen LogP contribution is -2.51. The predicted molar refractivity (Wildman–Crippen MR) is 216 cm³/mol. The zero-order valence-corrected chi connectivity index (χ0v) is 32.6. The number of rotatable bonds is 10. The number of halogens is 6. The third kappa shape index (κ3) is 9.08. The second-order valence-electron chi connectivity index (χ2n) is 16.7. The first kappa shape index (κ1) is 41.6. The van der Waals surface area contributed by atoms with Gasteiger partial charge >= 0.3 is 12.4 Å². The van der Waals surface area contributed by atoms with Gasteiger partial charge in [0.1, 0.15) is 0 Å². The van der Waals surface area contributed by atoms with Gasteiger partial charge in [-0.1, -0.05) is 131 Å². The van der Waals surface area contributed by atoms with Crippen molar-refractivity contribution in [2.24, 2.45) is 0 Å². The van der Waals surface area contributed by atoms with E-state index in [0.29, 0.717) is 11.4 Å². The molecule has 0 aliphatic rings. The summed E-state index contributed by atoms with van der Waals surface area (Å²) in [7, 11) is 0. The number of benzene rings is 5. The molecule has 2 atom stereocenters. The van der Waals surface area contributed by atoms with Gasteiger partial charge in [0.25, 0.3) is 0 Å². The van der Waals surface area contributed by atoms with E-state index in [2.05, 4.69) is 9.97 Å². The first-order valence-corrected chi connectivity index (χ1v) is 18.9. The Morgan fingerprint density at radius 3 is 1.37 bits per heavy atom. The number of aliphatic hydroxyl groups is 2. The number of H-pyrrole nitrogens is 2. The highest BCUT2D eigenvalue weighted by Crippen LogP contribution is 2.45. The molecule has 0 aliphatic carbocycles. The standard InChI is InChI=1S/C25H24F3NO.C22H24F3NO/c1-23(2,20-12-11-17-7-3-4-8-18(17)13-20)16-24(30,25(26,27)28)15-21-14-19-9-5-6-10-22(19)29-21;1-15-8-4-6-10-18(15)20(2,3)14-21(27,22(23,24)25)13-17-12-16-9-5-7-11-19(16)26-17/h3-14,29-30H,15-16H2,1-2H3;4-12,26-27H,13-14H2,1-3H3. The molecule has 4 nitrogen and oxygen atoms in total. The molecule has 10 heteroatoms. The summed E-state index contributed by atoms with van der Waals surface area (Å²) in [6.45, 7) is 8.87. The second-order valence-corrected chi connectivity index (χ2v) is 16.7. The van der Waals surface area contributed by atoms with E-state index >= 15 is 0 Å². The fraction of sp³-hybridized carbons (Fsp3) is 0.319. The zero-order chi connectivity index (χ0) is 41.4. The summed E-state index contributed by atoms with van der Waals surface area (Å²) < 4.78 is 84.0. The molecule has 7 rings (SSSR count). The summed E-state index contributed by atoms with van der Waals surface area (Å²) in [5.74, 6) is 0. The molecule has 0 bridgehead atoms. The van der Waals surface area contributed by atoms with Crippen LogP contribution in [-0.2, 0) is 23.7 Å². The Labute approximate surface area is 328 Å². The molecule has 0 spiro atoms. The molecule has 5 aromatic carbocycles. The third-order valence-corrected chi connectivity index (χ3v) is 11.1. The molecule has 0 fully saturated rings. The molecule has 7 aromatic rings. The molecule has 2 aromatic heterocycles. The lowest BCUT2D eigenvalue weighted by atomic mass is 9.72. The summed E-state index contributed by atoms with van der Waals surface area (Å²) in [6, 6.07) is 38.7. The minimum atomic E-state index is -4.77. The van der Waals surface area contributed by atoms with Crippen molar-refractivity contribution in [2.45, 2.75) is 94.7 Å². The van der Waals surface area contributed by atoms with Gasteiger partial charge in [0.2, 0.25) is 0 Å². The Morgan fingerprint density at radius 1 is 0.474 bits per heavy atom. The Bertz CT molecular complexity index is 2410. The van der Waals surface area contributed by atoms with Crippen molar-refractivity contribution in [1.82, 2.24) is 9.97 Å². The number of para-hydroxylation sites is 2. The summed E-state index contributed by atoms with van der Waals surface area (Å²) in [4.78, 5) is 6.01. The van der Waals surface area contributed by atoms with Gasteiger partial charge in [-0.25, -0.2) is 0 Å². The molecule has 0 amide bonds. The van der Waals surface area contributed by atoms with Crippen LogP contribution in [0, 0.1) is 6.92 Å². The number of alkyl halides is 6. The van der Waals surface area contributed by atoms with Crippen LogP contribution < -0.4 is 0 Å². The zero-order valence-electron chi connectivity index (χ0n) is 32.6. The molecule has 2 heterocycles. The van der Waals surface area contributed by atoms with E-state index in [1.165, 1.54) is 0 Å². The van der Waals surface area contributed by atoms with Gasteiger partial charge < -0.3 is 20.2 Å². The van der Waals surface area contributed by atoms with E-state index in [1.54, 1.807) is 39.8 Å². The van der Waals surface area contributed by atoms with Gasteiger partial charge in [-0.3, -0.25) is 0 Å². The van der Waals surface area contributed by atoms with Crippen molar-refractivity contribution in [3.05, 3.63) is 155 Å². The lowest BCUT2D eigenvalue weighted by Gasteiger charge is -2.38. The molecule has 0 saturated carbocycles. The monoisotopic (exact) mass is 786 g/mol. The SMILES string of the molecule is CC(C)(CC(O)(Cc1cc2ccccc2[nH]1)C(F)(F)F)c1ccc2ccccc2c1.Cc1ccccc1C(C)(C)CC(O)(Cc1cc2ccccc2[nH]1)C(F)(F)F. The Balaban J connectivity index is 0.000000194. The molecule has 300 valence electrons. The maximum Gasteiger partial charge on any atom is 0.417 e. The highest BCUT2D eigenvalue weighted by molar-refractivity contribution is 5.83. The normalized spacial score (nSPS) is 15.0. The number of aryl methyl sites for hydroxylation is 1. The van der Waals surface area contributed by atoms with Crippen molar-refractivity contribution >= 4 is 32.6 Å². The van der Waals surface area contributed by atoms with Gasteiger partial charge in [-0.05, 0) is 93.1 Å². The molecule has 0 radical (unpaired) electrons. The highest BCUT2D eigenvalue weighted by atomic mass is 19.4. The predicted octanol–water partition coefficient (Wildman–Crippen LogP) is 12.2. The molecule has 0 aliphatic heterocycles. The van der Waals surface area contributed by atoms with E-state index in [4.69, 9.17) is 0 Å². The Morgan fingerprint density at radius 2 is 0.895 bits per heavy atom. The molecule has 57 heavy (non-hydrogen) atoms. The van der Waals surface area contributed by atoms with Crippen LogP contribution in [0.5, 0.6) is 0 Å². The van der Waals surface area contributed by atoms with E-state index < -0.39 is 60.1 Å². The number of hydrogen-bond donors (Lipinski definition) is 4. The molecular formula is C47H48F6N2O2. The van der Waals surface area contributed by atoms with Crippen LogP contribution >= 0.6 is 0 Å². The number of nitrogens with one attached hydrogen (secondary N) is 2. The van der Waals surface area contributed by atoms with Crippen molar-refractivity contribution < 1.29 is 36.6 Å². The number of aromatic nitrogens is 2. The minimum Gasteiger partial charge on any atom is -0.380 e. The Hall–Kier alpha value is -5.06. The summed E-state index contributed by atoms with van der Waals surface area (Å²) in [5.41, 5.74) is -2.68. The van der Waals surface area contributed by atoms with Crippen LogP contribution in [0.1, 0.15) is 68.6 Å². The van der Waals surface area contributed by atoms with Crippen molar-refractivity contribution in [2.75, 3.05) is 0 Å². The van der Waals surface area contributed by atoms with E-state index in [0.717, 1.165) is 49.3 Å². The Kier molecular flexibility index (Phi) is 11.2. The van der Waals surface area contributed by atoms with Crippen LogP contribution in [0.15, 0.2) is 127 Å². The average Bonchev–Trinajstić information content (AvgIpc) is 3.73. The van der Waals surface area contributed by atoms with E-state index in [-0.39, 0.29) is 0 Å². The third-order valence-electron chi connectivity index (χ3n) is 11.1. The molecule has 0 saturated heterocycles. The number of aromatic amines is 2. The fourth-order valence-electron chi connectivity index (χ4n) is 8.22. The smallest absolute Gasteiger partial charge is 0.380 e. The van der Waals surface area contributed by atoms with Crippen molar-refractivity contribution in [3.63, 3.8) is 0 Å². The first-order chi connectivity index (χ1) is 26.6. The van der Waals surface area contributed by atoms with Gasteiger partial charge in [0, 0.05) is 35.3 Å². The average molecular weight is 787 g/mol. The lowest BCUT2D eigenvalue weighted by molar-refractivity contribution is -0.266. The van der Waals surface area contributed by atoms with Gasteiger partial charge in [0.05, 0.1) is 0 Å². The van der Waals surface area contributed by atoms with E-state index in [9.17, 15) is 36.6 Å². The molecule has 4 N–H and O–H groups in total. The summed E-state index contributed by atoms with van der Waals surface area (Å²) >= 11 is 0. The topological polar surface area (TPSA) is 72.0 Å². The van der Waals surface area contributed by atoms with Crippen LogP contribution in [0.4, 0.5) is 26.3 Å². The summed E-state index contributed by atoms with van der Waals surface area (Å²) in [6.07, 6.45) is -11.4. The van der Waals surface area contributed by atoms with Crippen LogP contribution in [-0.4, -0.2) is 43.7 Å². The quantitative estimate of drug-likeness (QED) is 0.104. The number of fused-ring (bicyclic) bond motifs is 3. The van der Waals surface area contributed by atoms with Crippen LogP contribution in [0.25, 0.3) is 32.6 Å². The maximum absolute atomic E-state index is 14.1. The van der Waals surface area contributed by atoms with Crippen molar-refractivity contribution in [3.8, 4) is 0 Å². The largest absolute Gasteiger partial charge is 0.417 e. The van der Waals surface area contributed by atoms with Crippen LogP contribution in [0.3, 0.4) is 0 Å². The minimum absolute atomic E-state index is 0.366. The van der Waals surface area contributed by atoms with Gasteiger partial charge in [0.15, 0.2) is 11.2 Å². The fourth-order valence-corrected chi connectivity index (χ4v) is 8.22. The van der Waals surface area contributed by atoms with Gasteiger partial charge in [-0.2, -0.15) is 26.3 Å². The number of hydrogen-bond acceptors (Lipinski definition) is 2. The van der Waals surface area contributed by atoms with E-state index in [1.807, 2.05) is 122 Å². The second kappa shape index (κ2) is 15.4. The first-order valence-electron chi connectivity index (χ1n) is 18.9. The highest BCUT2D eigenvalue weighted by Gasteiger charge is 2.57.